The van der Waals surface area contributed by atoms with Crippen molar-refractivity contribution in [3.8, 4) is 11.5 Å². The Morgan fingerprint density at radius 3 is 1.44 bits per heavy atom. The molecular formula is C54H61N5O11S2. The van der Waals surface area contributed by atoms with Crippen LogP contribution in [0, 0.1) is 24.7 Å². The van der Waals surface area contributed by atoms with Gasteiger partial charge in [0, 0.05) is 83.4 Å². The third-order valence-electron chi connectivity index (χ3n) is 13.5. The van der Waals surface area contributed by atoms with Gasteiger partial charge in [-0.2, -0.15) is 0 Å². The van der Waals surface area contributed by atoms with Crippen molar-refractivity contribution in [2.24, 2.45) is 10.8 Å². The number of likely N-dealkylation sites (tertiary alicyclic amines) is 2. The van der Waals surface area contributed by atoms with Crippen molar-refractivity contribution >= 4 is 59.5 Å². The molecule has 2 amide bonds. The van der Waals surface area contributed by atoms with Crippen molar-refractivity contribution in [1.29, 1.82) is 0 Å². The maximum absolute atomic E-state index is 13.4. The van der Waals surface area contributed by atoms with Gasteiger partial charge in [-0.05, 0) is 106 Å². The van der Waals surface area contributed by atoms with Crippen molar-refractivity contribution in [2.45, 2.75) is 69.0 Å². The highest BCUT2D eigenvalue weighted by atomic mass is 32.2. The Bertz CT molecular complexity index is 3150. The monoisotopic (exact) mass is 1020 g/mol. The van der Waals surface area contributed by atoms with Gasteiger partial charge in [-0.3, -0.25) is 19.6 Å². The zero-order valence-electron chi connectivity index (χ0n) is 41.1. The molecule has 0 bridgehead atoms. The summed E-state index contributed by atoms with van der Waals surface area (Å²) < 4.78 is 74.3. The summed E-state index contributed by atoms with van der Waals surface area (Å²) in [6.45, 7) is 7.33. The molecule has 1 N–H and O–H groups in total. The van der Waals surface area contributed by atoms with Crippen molar-refractivity contribution in [3.05, 3.63) is 132 Å². The van der Waals surface area contributed by atoms with Gasteiger partial charge >= 0.3 is 18.0 Å². The minimum atomic E-state index is -3.75. The molecule has 4 aromatic carbocycles. The molecule has 3 aliphatic rings. The summed E-state index contributed by atoms with van der Waals surface area (Å²) in [6.07, 6.45) is 3.07. The summed E-state index contributed by atoms with van der Waals surface area (Å²) in [5.74, 6) is -0.112. The predicted octanol–water partition coefficient (Wildman–Crippen LogP) is 7.42. The van der Waals surface area contributed by atoms with Crippen LogP contribution in [-0.4, -0.2) is 120 Å². The number of rotatable bonds is 16. The first-order valence-electron chi connectivity index (χ1n) is 24.0. The number of aryl methyl sites for hydroxylation is 2. The normalized spacial score (nSPS) is 16.1. The van der Waals surface area contributed by atoms with Gasteiger partial charge in [0.25, 0.3) is 0 Å². The largest absolute Gasteiger partial charge is 0.489 e. The highest BCUT2D eigenvalue weighted by Crippen LogP contribution is 2.39. The van der Waals surface area contributed by atoms with Crippen molar-refractivity contribution in [1.82, 2.24) is 25.1 Å². The fourth-order valence-corrected chi connectivity index (χ4v) is 13.4. The van der Waals surface area contributed by atoms with Crippen LogP contribution in [0.4, 0.5) is 4.79 Å². The fourth-order valence-electron chi connectivity index (χ4n) is 9.76. The van der Waals surface area contributed by atoms with E-state index >= 15 is 0 Å². The molecule has 0 atom stereocenters. The molecule has 380 valence electrons. The van der Waals surface area contributed by atoms with Crippen LogP contribution in [0.5, 0.6) is 11.5 Å². The van der Waals surface area contributed by atoms with Gasteiger partial charge in [-0.25, -0.2) is 21.6 Å². The number of aromatic nitrogens is 2. The first kappa shape index (κ1) is 51.7. The molecule has 3 fully saturated rings. The first-order chi connectivity index (χ1) is 34.5. The molecule has 9 rings (SSSR count). The maximum atomic E-state index is 13.4. The molecule has 3 saturated heterocycles. The third kappa shape index (κ3) is 12.3. The van der Waals surface area contributed by atoms with Gasteiger partial charge in [-0.15, -0.1) is 0 Å². The Labute approximate surface area is 420 Å². The second-order valence-corrected chi connectivity index (χ2v) is 23.2. The second kappa shape index (κ2) is 22.0. The molecule has 5 heterocycles. The summed E-state index contributed by atoms with van der Waals surface area (Å²) >= 11 is 0. The standard InChI is InChI=1S/C30H35N3O6S.C24H26N2O5S/c1-22-16-23(26-8-4-5-9-27(26)31-22)18-39-24-10-12-25(13-11-24)40(36,37)21-30(17-28(34)38-2)19-33(20-30)29(35)32-14-6-3-7-15-32;1-17-11-18(21-5-3-4-6-22(21)26-17)13-31-19-7-9-20(10-8-19)32(28,29)16-24(14-25-15-24)12-23(27)30-2/h4-5,8-13,16H,3,6-7,14-15,17-21H2,1-2H3;3-11,25H,12-16H2,1-2H3. The molecule has 0 radical (unpaired) electrons. The smallest absolute Gasteiger partial charge is 0.320 e. The zero-order chi connectivity index (χ0) is 51.1. The molecule has 2 aromatic heterocycles. The molecule has 72 heavy (non-hydrogen) atoms. The Balaban J connectivity index is 0.000000197. The van der Waals surface area contributed by atoms with Crippen LogP contribution in [-0.2, 0) is 52.0 Å². The number of pyridine rings is 2. The Morgan fingerprint density at radius 2 is 1.01 bits per heavy atom. The number of para-hydroxylation sites is 2. The number of ether oxygens (including phenoxy) is 4. The lowest BCUT2D eigenvalue weighted by Gasteiger charge is -2.50. The average Bonchev–Trinajstić information content (AvgIpc) is 3.35. The number of urea groups is 1. The molecule has 16 nitrogen and oxygen atoms in total. The third-order valence-corrected chi connectivity index (χ3v) is 17.4. The van der Waals surface area contributed by atoms with E-state index in [4.69, 9.17) is 18.9 Å². The number of benzene rings is 4. The number of carbonyl (C=O) groups excluding carboxylic acids is 3. The fraction of sp³-hybridized carbons (Fsp3) is 0.389. The summed E-state index contributed by atoms with van der Waals surface area (Å²) in [6, 6.07) is 32.4. The van der Waals surface area contributed by atoms with Crippen molar-refractivity contribution in [2.75, 3.05) is 65.0 Å². The maximum Gasteiger partial charge on any atom is 0.320 e. The molecule has 18 heteroatoms. The number of fused-ring (bicyclic) bond motifs is 2. The van der Waals surface area contributed by atoms with E-state index in [9.17, 15) is 31.2 Å². The molecule has 0 aliphatic carbocycles. The summed E-state index contributed by atoms with van der Waals surface area (Å²) in [5.41, 5.74) is 4.13. The summed E-state index contributed by atoms with van der Waals surface area (Å²) in [4.78, 5) is 49.8. The van der Waals surface area contributed by atoms with Gasteiger partial charge in [0.15, 0.2) is 19.7 Å². The highest BCUT2D eigenvalue weighted by molar-refractivity contribution is 7.91. The van der Waals surface area contributed by atoms with Crippen LogP contribution < -0.4 is 14.8 Å². The van der Waals surface area contributed by atoms with Gasteiger partial charge in [0.05, 0.1) is 59.4 Å². The molecule has 0 unspecified atom stereocenters. The Hall–Kier alpha value is -6.63. The van der Waals surface area contributed by atoms with E-state index in [0.717, 1.165) is 63.6 Å². The van der Waals surface area contributed by atoms with Crippen LogP contribution in [0.2, 0.25) is 0 Å². The number of hydrogen-bond acceptors (Lipinski definition) is 14. The molecule has 6 aromatic rings. The van der Waals surface area contributed by atoms with Crippen LogP contribution in [0.3, 0.4) is 0 Å². The average molecular weight is 1020 g/mol. The first-order valence-corrected chi connectivity index (χ1v) is 27.3. The van der Waals surface area contributed by atoms with Crippen LogP contribution in [0.25, 0.3) is 21.8 Å². The number of carbonyl (C=O) groups is 3. The molecule has 0 saturated carbocycles. The van der Waals surface area contributed by atoms with Crippen molar-refractivity contribution in [3.63, 3.8) is 0 Å². The number of methoxy groups -OCH3 is 2. The molecule has 0 spiro atoms. The lowest BCUT2D eigenvalue weighted by molar-refractivity contribution is -0.146. The van der Waals surface area contributed by atoms with E-state index in [2.05, 4.69) is 15.3 Å². The number of nitrogens with zero attached hydrogens (tertiary/aromatic N) is 4. The number of amides is 2. The predicted molar refractivity (Wildman–Crippen MR) is 272 cm³/mol. The topological polar surface area (TPSA) is 201 Å². The number of hydrogen-bond donors (Lipinski definition) is 1. The van der Waals surface area contributed by atoms with E-state index in [0.29, 0.717) is 50.9 Å². The van der Waals surface area contributed by atoms with E-state index in [1.807, 2.05) is 79.4 Å². The summed E-state index contributed by atoms with van der Waals surface area (Å²) in [5, 5.41) is 5.11. The van der Waals surface area contributed by atoms with E-state index < -0.39 is 42.4 Å². The molecular weight excluding hydrogens is 959 g/mol. The minimum Gasteiger partial charge on any atom is -0.489 e. The van der Waals surface area contributed by atoms with Crippen molar-refractivity contribution < 1.29 is 50.2 Å². The minimum absolute atomic E-state index is 0.0625. The number of sulfone groups is 2. The highest BCUT2D eigenvalue weighted by Gasteiger charge is 2.51. The Morgan fingerprint density at radius 1 is 0.583 bits per heavy atom. The van der Waals surface area contributed by atoms with Gasteiger partial charge in [0.1, 0.15) is 24.7 Å². The van der Waals surface area contributed by atoms with Gasteiger partial charge < -0.3 is 34.1 Å². The second-order valence-electron chi connectivity index (χ2n) is 19.2. The quantitative estimate of drug-likeness (QED) is 0.0940. The van der Waals surface area contributed by atoms with E-state index in [-0.39, 0.29) is 53.3 Å². The SMILES string of the molecule is COC(=O)CC1(CS(=O)(=O)c2ccc(OCc3cc(C)nc4ccccc34)cc2)CN(C(=O)N2CCCCC2)C1.COC(=O)CC1(CS(=O)(=O)c2ccc(OCc3cc(C)nc4ccccc34)cc2)CNC1. The molecule has 3 aliphatic heterocycles. The number of esters is 2. The van der Waals surface area contributed by atoms with E-state index in [1.54, 1.807) is 41.3 Å². The Kier molecular flexibility index (Phi) is 15.8. The number of piperidine rings is 1. The van der Waals surface area contributed by atoms with Crippen LogP contribution in [0.15, 0.2) is 119 Å². The lowest BCUT2D eigenvalue weighted by Crippen LogP contribution is -2.64. The number of nitrogens with one attached hydrogen (secondary N) is 1. The van der Waals surface area contributed by atoms with Gasteiger partial charge in [-0.1, -0.05) is 36.4 Å². The lowest BCUT2D eigenvalue weighted by atomic mass is 9.78. The van der Waals surface area contributed by atoms with E-state index in [1.165, 1.54) is 26.4 Å². The van der Waals surface area contributed by atoms with Crippen LogP contribution in [0.1, 0.15) is 54.6 Å². The zero-order valence-corrected chi connectivity index (χ0v) is 42.7. The summed E-state index contributed by atoms with van der Waals surface area (Å²) in [7, 11) is -4.71. The van der Waals surface area contributed by atoms with Crippen LogP contribution >= 0.6 is 0 Å². The van der Waals surface area contributed by atoms with Gasteiger partial charge in [0.2, 0.25) is 0 Å².